The van der Waals surface area contributed by atoms with Crippen molar-refractivity contribution in [1.29, 1.82) is 0 Å². The Morgan fingerprint density at radius 2 is 0.970 bits per heavy atom. The van der Waals surface area contributed by atoms with Crippen molar-refractivity contribution in [3.8, 4) is 0 Å². The molecule has 0 saturated carbocycles. The van der Waals surface area contributed by atoms with Gasteiger partial charge in [-0.05, 0) is 12.8 Å². The van der Waals surface area contributed by atoms with E-state index in [1.54, 1.807) is 0 Å². The maximum atomic E-state index is 14.0. The highest BCUT2D eigenvalue weighted by Crippen LogP contribution is 2.24. The first-order valence-electron chi connectivity index (χ1n) is 21.5. The molecule has 0 spiro atoms. The van der Waals surface area contributed by atoms with Gasteiger partial charge in [0.1, 0.15) is 86.3 Å². The van der Waals surface area contributed by atoms with Crippen molar-refractivity contribution >= 4 is 35.5 Å². The van der Waals surface area contributed by atoms with Crippen LogP contribution in [0.5, 0.6) is 0 Å². The Labute approximate surface area is 381 Å². The van der Waals surface area contributed by atoms with Gasteiger partial charge in [-0.15, -0.1) is 5.06 Å². The molecule has 15 atom stereocenters. The maximum Gasteiger partial charge on any atom is 0.333 e. The molecule has 4 aliphatic heterocycles. The molecule has 0 aliphatic carbocycles. The van der Waals surface area contributed by atoms with Crippen LogP contribution in [0.25, 0.3) is 0 Å². The van der Waals surface area contributed by atoms with Gasteiger partial charge in [0.2, 0.25) is 17.7 Å². The lowest BCUT2D eigenvalue weighted by atomic mass is 9.99. The number of hydroxylamine groups is 2. The smallest absolute Gasteiger partial charge is 0.333 e. The van der Waals surface area contributed by atoms with Crippen molar-refractivity contribution in [3.05, 3.63) is 0 Å². The molecule has 4 rings (SSSR count). The van der Waals surface area contributed by atoms with Gasteiger partial charge < -0.3 is 110 Å². The molecule has 384 valence electrons. The third kappa shape index (κ3) is 15.4. The molecule has 0 bridgehead atoms. The van der Waals surface area contributed by atoms with Gasteiger partial charge in [0.25, 0.3) is 11.8 Å². The fourth-order valence-corrected chi connectivity index (χ4v) is 7.13. The zero-order valence-corrected chi connectivity index (χ0v) is 36.2. The Morgan fingerprint density at radius 3 is 1.40 bits per heavy atom. The first kappa shape index (κ1) is 55.9. The van der Waals surface area contributed by atoms with E-state index < -0.39 is 174 Å². The van der Waals surface area contributed by atoms with E-state index in [2.05, 4.69) is 5.32 Å². The minimum absolute atomic E-state index is 0.000770. The molecule has 0 aromatic heterocycles. The predicted molar refractivity (Wildman–Crippen MR) is 211 cm³/mol. The van der Waals surface area contributed by atoms with Crippen LogP contribution >= 0.6 is 0 Å². The predicted octanol–water partition coefficient (Wildman–Crippen LogP) is -9.62. The van der Waals surface area contributed by atoms with Gasteiger partial charge in [-0.1, -0.05) is 0 Å². The van der Waals surface area contributed by atoms with Gasteiger partial charge >= 0.3 is 5.97 Å². The SMILES string of the molecule is O=C(CN(CC(=O)N(CCOC1O[C@H](CO)[C@@H](O)[C@H](O)[C@@H]1O)CCOC1O[C@H](CO)[C@@H](O)[C@H](O)[C@@H]1O)C(=O)CCCCC(=O)ON1C(=O)CCC1=O)NCCO[C@@H]1O[C@H](CO)[C@@H](O)[C@H](O)[C@H]1O. The summed E-state index contributed by atoms with van der Waals surface area (Å²) in [6.07, 6.45) is -25.3. The average molecular weight is 975 g/mol. The molecule has 67 heavy (non-hydrogen) atoms. The van der Waals surface area contributed by atoms with Crippen molar-refractivity contribution in [2.24, 2.45) is 0 Å². The fraction of sp³-hybridized carbons (Fsp3) is 0.842. The second kappa shape index (κ2) is 26.9. The van der Waals surface area contributed by atoms with Crippen molar-refractivity contribution < 1.29 is 123 Å². The summed E-state index contributed by atoms with van der Waals surface area (Å²) < 4.78 is 32.4. The molecule has 2 unspecified atom stereocenters. The summed E-state index contributed by atoms with van der Waals surface area (Å²) in [5.41, 5.74) is 0. The summed E-state index contributed by atoms with van der Waals surface area (Å²) in [6.45, 7) is -6.19. The van der Waals surface area contributed by atoms with Crippen molar-refractivity contribution in [2.45, 2.75) is 131 Å². The summed E-state index contributed by atoms with van der Waals surface area (Å²) in [7, 11) is 0. The Morgan fingerprint density at radius 1 is 0.552 bits per heavy atom. The highest BCUT2D eigenvalue weighted by atomic mass is 16.7. The lowest BCUT2D eigenvalue weighted by Crippen LogP contribution is -2.59. The van der Waals surface area contributed by atoms with Crippen LogP contribution in [0.3, 0.4) is 0 Å². The molecule has 0 radical (unpaired) electrons. The Balaban J connectivity index is 1.43. The lowest BCUT2D eigenvalue weighted by molar-refractivity contribution is -0.303. The number of aliphatic hydroxyl groups is 12. The molecule has 4 fully saturated rings. The third-order valence-corrected chi connectivity index (χ3v) is 11.1. The number of ether oxygens (including phenoxy) is 6. The van der Waals surface area contributed by atoms with Crippen LogP contribution in [-0.4, -0.2) is 276 Å². The van der Waals surface area contributed by atoms with Crippen LogP contribution in [0.2, 0.25) is 0 Å². The number of aliphatic hydroxyl groups excluding tert-OH is 12. The van der Waals surface area contributed by atoms with E-state index in [0.717, 1.165) is 9.80 Å². The van der Waals surface area contributed by atoms with Crippen LogP contribution in [0.1, 0.15) is 38.5 Å². The number of unbranched alkanes of at least 4 members (excludes halogenated alkanes) is 1. The van der Waals surface area contributed by atoms with Gasteiger partial charge in [0.15, 0.2) is 18.9 Å². The molecule has 0 aromatic rings. The number of carbonyl (C=O) groups is 6. The van der Waals surface area contributed by atoms with Crippen LogP contribution in [0.4, 0.5) is 0 Å². The van der Waals surface area contributed by atoms with Crippen LogP contribution in [0, 0.1) is 0 Å². The number of amides is 5. The topological polar surface area (TPSA) is 432 Å². The van der Waals surface area contributed by atoms with E-state index in [0.29, 0.717) is 5.06 Å². The third-order valence-electron chi connectivity index (χ3n) is 11.1. The van der Waals surface area contributed by atoms with E-state index in [1.165, 1.54) is 0 Å². The normalized spacial score (nSPS) is 33.4. The minimum Gasteiger partial charge on any atom is -0.394 e. The Kier molecular flexibility index (Phi) is 22.4. The van der Waals surface area contributed by atoms with Gasteiger partial charge in [-0.25, -0.2) is 4.79 Å². The Hall–Kier alpha value is -3.70. The summed E-state index contributed by atoms with van der Waals surface area (Å²) in [5, 5.41) is 123. The molecule has 4 saturated heterocycles. The average Bonchev–Trinajstić information content (AvgIpc) is 3.62. The van der Waals surface area contributed by atoms with Crippen LogP contribution in [0.15, 0.2) is 0 Å². The highest BCUT2D eigenvalue weighted by Gasteiger charge is 2.46. The number of nitrogens with one attached hydrogen (secondary N) is 1. The van der Waals surface area contributed by atoms with Crippen molar-refractivity contribution in [2.75, 3.05) is 72.4 Å². The number of rotatable bonds is 25. The summed E-state index contributed by atoms with van der Waals surface area (Å²) in [6, 6.07) is 0. The standard InChI is InChI=1S/C38H62N4O25/c43-15-18-27(52)30(55)33(58)36(64-18)61-10-7-39-21(46)13-41(22(47)3-1-2-4-26(51)67-42-23(48)5-6-24(42)49)14-25(50)40(8-11-62-37-34(59)31(56)28(53)19(16-44)65-37)9-12-63-38-35(60)32(57)29(54)20(17-45)66-38/h18-20,27-38,43-45,52-60H,1-17H2,(H,39,46)/t18-,19-,20-,27-,28-,29-,30+,31+,32+,33-,34+,35+,36-,37?,38?/m1/s1. The van der Waals surface area contributed by atoms with E-state index >= 15 is 0 Å². The molecule has 29 nitrogen and oxygen atoms in total. The summed E-state index contributed by atoms with van der Waals surface area (Å²) in [4.78, 5) is 83.5. The number of hydrogen-bond donors (Lipinski definition) is 13. The molecule has 13 N–H and O–H groups in total. The maximum absolute atomic E-state index is 14.0. The molecule has 4 aliphatic rings. The van der Waals surface area contributed by atoms with Crippen LogP contribution < -0.4 is 5.32 Å². The van der Waals surface area contributed by atoms with Crippen molar-refractivity contribution in [1.82, 2.24) is 20.2 Å². The monoisotopic (exact) mass is 974 g/mol. The summed E-state index contributed by atoms with van der Waals surface area (Å²) >= 11 is 0. The zero-order chi connectivity index (χ0) is 49.5. The molecular formula is C38H62N4O25. The van der Waals surface area contributed by atoms with Gasteiger partial charge in [0.05, 0.1) is 39.6 Å². The van der Waals surface area contributed by atoms with Crippen LogP contribution in [-0.2, 0) is 62.0 Å². The first-order chi connectivity index (χ1) is 31.8. The van der Waals surface area contributed by atoms with Gasteiger partial charge in [0, 0.05) is 45.3 Å². The first-order valence-corrected chi connectivity index (χ1v) is 21.5. The molecular weight excluding hydrogens is 912 g/mol. The summed E-state index contributed by atoms with van der Waals surface area (Å²) in [5.74, 6) is -4.81. The second-order valence-electron chi connectivity index (χ2n) is 15.9. The van der Waals surface area contributed by atoms with Crippen molar-refractivity contribution in [3.63, 3.8) is 0 Å². The fourth-order valence-electron chi connectivity index (χ4n) is 7.13. The van der Waals surface area contributed by atoms with E-state index in [-0.39, 0.29) is 64.8 Å². The number of hydrogen-bond acceptors (Lipinski definition) is 25. The largest absolute Gasteiger partial charge is 0.394 e. The Bertz CT molecular complexity index is 1570. The minimum atomic E-state index is -1.81. The van der Waals surface area contributed by atoms with Gasteiger partial charge in [-0.3, -0.25) is 24.0 Å². The van der Waals surface area contributed by atoms with Gasteiger partial charge in [-0.2, -0.15) is 0 Å². The number of carbonyl (C=O) groups excluding carboxylic acids is 6. The lowest BCUT2D eigenvalue weighted by Gasteiger charge is -2.40. The molecule has 5 amide bonds. The zero-order valence-electron chi connectivity index (χ0n) is 36.2. The second-order valence-corrected chi connectivity index (χ2v) is 15.9. The van der Waals surface area contributed by atoms with E-state index in [4.69, 9.17) is 33.3 Å². The molecule has 0 aromatic carbocycles. The highest BCUT2D eigenvalue weighted by molar-refractivity contribution is 6.01. The number of imide groups is 1. The van der Waals surface area contributed by atoms with E-state index in [9.17, 15) is 90.0 Å². The number of nitrogens with zero attached hydrogens (tertiary/aromatic N) is 3. The molecule has 4 heterocycles. The van der Waals surface area contributed by atoms with E-state index in [1.807, 2.05) is 0 Å². The quantitative estimate of drug-likeness (QED) is 0.0298. The molecule has 29 heteroatoms.